The van der Waals surface area contributed by atoms with E-state index in [4.69, 9.17) is 19.2 Å². The summed E-state index contributed by atoms with van der Waals surface area (Å²) < 4.78 is 19.4. The molecule has 2 atom stereocenters. The zero-order chi connectivity index (χ0) is 29.8. The fourth-order valence-corrected chi connectivity index (χ4v) is 5.01. The monoisotopic (exact) mass is 563 g/mol. The Hall–Kier alpha value is -3.88. The molecule has 4 rings (SSSR count). The SMILES string of the molecule is CCOc1cc(-c2ccc(N3CC[C@H](NC(=O)OC(C)(C)C)[C@](C)(OCCN(C)C)C3)nc2)c2c(C#N)cnn2c1. The quantitative estimate of drug-likeness (QED) is 0.410. The van der Waals surface area contributed by atoms with Crippen molar-refractivity contribution in [3.8, 4) is 22.9 Å². The van der Waals surface area contributed by atoms with Crippen molar-refractivity contribution < 1.29 is 19.0 Å². The fraction of sp³-hybridized carbons (Fsp3) is 0.533. The first kappa shape index (κ1) is 30.1. The van der Waals surface area contributed by atoms with E-state index in [0.717, 1.165) is 23.5 Å². The largest absolute Gasteiger partial charge is 0.492 e. The molecule has 1 saturated heterocycles. The maximum atomic E-state index is 12.6. The van der Waals surface area contributed by atoms with E-state index in [2.05, 4.69) is 26.3 Å². The Kier molecular flexibility index (Phi) is 9.05. The van der Waals surface area contributed by atoms with Crippen molar-refractivity contribution in [1.82, 2.24) is 24.8 Å². The zero-order valence-corrected chi connectivity index (χ0v) is 25.1. The number of pyridine rings is 2. The molecule has 1 aliphatic heterocycles. The van der Waals surface area contributed by atoms with Gasteiger partial charge in [0, 0.05) is 30.4 Å². The molecule has 0 saturated carbocycles. The van der Waals surface area contributed by atoms with Crippen molar-refractivity contribution in [2.45, 2.75) is 58.3 Å². The van der Waals surface area contributed by atoms with Crippen LogP contribution in [0.3, 0.4) is 0 Å². The summed E-state index contributed by atoms with van der Waals surface area (Å²) in [7, 11) is 4.00. The number of carbonyl (C=O) groups is 1. The van der Waals surface area contributed by atoms with Crippen molar-refractivity contribution in [3.63, 3.8) is 0 Å². The molecule has 11 heteroatoms. The Morgan fingerprint density at radius 1 is 1.29 bits per heavy atom. The first-order valence-electron chi connectivity index (χ1n) is 14.0. The molecule has 0 spiro atoms. The van der Waals surface area contributed by atoms with Crippen LogP contribution in [0.15, 0.2) is 36.8 Å². The number of fused-ring (bicyclic) bond motifs is 1. The van der Waals surface area contributed by atoms with Crippen LogP contribution in [-0.4, -0.2) is 89.8 Å². The maximum absolute atomic E-state index is 12.6. The predicted molar refractivity (Wildman–Crippen MR) is 157 cm³/mol. The summed E-state index contributed by atoms with van der Waals surface area (Å²) >= 11 is 0. The lowest BCUT2D eigenvalue weighted by atomic mass is 9.88. The number of amides is 1. The van der Waals surface area contributed by atoms with E-state index in [9.17, 15) is 10.1 Å². The second-order valence-electron chi connectivity index (χ2n) is 11.8. The standard InChI is InChI=1S/C30H41N7O4/c1-8-39-23-15-24(27-22(16-31)18-33-37(27)19-23)21-9-10-26(32-17-21)36-12-11-25(34-28(38)41-29(2,3)4)30(5,20-36)40-14-13-35(6)7/h9-10,15,17-19,25H,8,11-14,20H2,1-7H3,(H,34,38)/t25-,30+/m0/s1. The number of piperidine rings is 1. The highest BCUT2D eigenvalue weighted by Gasteiger charge is 2.42. The second-order valence-corrected chi connectivity index (χ2v) is 11.8. The van der Waals surface area contributed by atoms with Gasteiger partial charge in [-0.2, -0.15) is 10.4 Å². The van der Waals surface area contributed by atoms with Crippen molar-refractivity contribution >= 4 is 17.4 Å². The van der Waals surface area contributed by atoms with E-state index < -0.39 is 17.3 Å². The molecule has 1 fully saturated rings. The van der Waals surface area contributed by atoms with Crippen LogP contribution in [0.4, 0.5) is 10.6 Å². The molecule has 1 aliphatic rings. The van der Waals surface area contributed by atoms with E-state index in [-0.39, 0.29) is 6.04 Å². The molecule has 4 heterocycles. The molecule has 220 valence electrons. The summed E-state index contributed by atoms with van der Waals surface area (Å²) in [6.45, 7) is 12.5. The van der Waals surface area contributed by atoms with Crippen molar-refractivity contribution in [1.29, 1.82) is 5.26 Å². The van der Waals surface area contributed by atoms with Crippen LogP contribution in [0.2, 0.25) is 0 Å². The second kappa shape index (κ2) is 12.3. The molecular formula is C30H41N7O4. The third-order valence-electron chi connectivity index (χ3n) is 6.99. The van der Waals surface area contributed by atoms with Gasteiger partial charge in [0.25, 0.3) is 0 Å². The first-order valence-corrected chi connectivity index (χ1v) is 14.0. The van der Waals surface area contributed by atoms with Crippen LogP contribution < -0.4 is 15.0 Å². The van der Waals surface area contributed by atoms with Crippen LogP contribution >= 0.6 is 0 Å². The highest BCUT2D eigenvalue weighted by Crippen LogP contribution is 2.33. The summed E-state index contributed by atoms with van der Waals surface area (Å²) in [5.41, 5.74) is 1.61. The Bertz CT molecular complexity index is 1390. The van der Waals surface area contributed by atoms with E-state index in [1.807, 2.05) is 73.1 Å². The van der Waals surface area contributed by atoms with Gasteiger partial charge in [-0.1, -0.05) is 0 Å². The molecule has 3 aromatic heterocycles. The minimum absolute atomic E-state index is 0.226. The van der Waals surface area contributed by atoms with Gasteiger partial charge in [0.2, 0.25) is 0 Å². The first-order chi connectivity index (χ1) is 19.4. The van der Waals surface area contributed by atoms with E-state index >= 15 is 0 Å². The Labute approximate surface area is 242 Å². The summed E-state index contributed by atoms with van der Waals surface area (Å²) in [5.74, 6) is 1.47. The molecule has 3 aromatic rings. The molecule has 0 unspecified atom stereocenters. The number of anilines is 1. The number of nitriles is 1. The zero-order valence-electron chi connectivity index (χ0n) is 25.1. The molecule has 41 heavy (non-hydrogen) atoms. The molecule has 0 radical (unpaired) electrons. The van der Waals surface area contributed by atoms with Gasteiger partial charge in [-0.05, 0) is 73.3 Å². The van der Waals surface area contributed by atoms with Crippen LogP contribution in [0.1, 0.15) is 46.6 Å². The van der Waals surface area contributed by atoms with E-state index in [1.54, 1.807) is 16.9 Å². The molecule has 1 N–H and O–H groups in total. The normalized spacial score (nSPS) is 19.3. The Morgan fingerprint density at radius 2 is 2.07 bits per heavy atom. The van der Waals surface area contributed by atoms with Gasteiger partial charge in [0.15, 0.2) is 0 Å². The van der Waals surface area contributed by atoms with E-state index in [1.165, 1.54) is 0 Å². The molecule has 11 nitrogen and oxygen atoms in total. The van der Waals surface area contributed by atoms with Gasteiger partial charge in [-0.25, -0.2) is 14.3 Å². The van der Waals surface area contributed by atoms with E-state index in [0.29, 0.717) is 49.6 Å². The van der Waals surface area contributed by atoms with Crippen LogP contribution in [0.5, 0.6) is 5.75 Å². The van der Waals surface area contributed by atoms with Gasteiger partial charge in [-0.3, -0.25) is 0 Å². The summed E-state index contributed by atoms with van der Waals surface area (Å²) in [6, 6.07) is 7.89. The summed E-state index contributed by atoms with van der Waals surface area (Å²) in [5, 5.41) is 17.0. The lowest BCUT2D eigenvalue weighted by Crippen LogP contribution is -2.63. The van der Waals surface area contributed by atoms with Crippen molar-refractivity contribution in [3.05, 3.63) is 42.4 Å². The van der Waals surface area contributed by atoms with Crippen LogP contribution in [-0.2, 0) is 9.47 Å². The topological polar surface area (TPSA) is 117 Å². The fourth-order valence-electron chi connectivity index (χ4n) is 5.01. The smallest absolute Gasteiger partial charge is 0.407 e. The number of nitrogens with one attached hydrogen (secondary N) is 1. The highest BCUT2D eigenvalue weighted by atomic mass is 16.6. The Morgan fingerprint density at radius 3 is 2.71 bits per heavy atom. The minimum atomic E-state index is -0.664. The van der Waals surface area contributed by atoms with Gasteiger partial charge in [0.05, 0.1) is 49.3 Å². The molecule has 1 amide bonds. The van der Waals surface area contributed by atoms with Gasteiger partial charge in [0.1, 0.15) is 28.8 Å². The Balaban J connectivity index is 1.58. The van der Waals surface area contributed by atoms with Gasteiger partial charge in [-0.15, -0.1) is 0 Å². The molecule has 0 aliphatic carbocycles. The number of hydrogen-bond acceptors (Lipinski definition) is 9. The third-order valence-corrected chi connectivity index (χ3v) is 6.99. The predicted octanol–water partition coefficient (Wildman–Crippen LogP) is 4.11. The average molecular weight is 564 g/mol. The van der Waals surface area contributed by atoms with Crippen molar-refractivity contribution in [2.24, 2.45) is 0 Å². The van der Waals surface area contributed by atoms with Gasteiger partial charge >= 0.3 is 6.09 Å². The average Bonchev–Trinajstić information content (AvgIpc) is 3.31. The summed E-state index contributed by atoms with van der Waals surface area (Å²) in [6.07, 6.45) is 5.36. The maximum Gasteiger partial charge on any atom is 0.407 e. The number of nitrogens with zero attached hydrogens (tertiary/aromatic N) is 6. The lowest BCUT2D eigenvalue weighted by molar-refractivity contribution is -0.0667. The number of ether oxygens (including phenoxy) is 3. The minimum Gasteiger partial charge on any atom is -0.492 e. The third kappa shape index (κ3) is 7.26. The molecular weight excluding hydrogens is 522 g/mol. The van der Waals surface area contributed by atoms with Crippen molar-refractivity contribution in [2.75, 3.05) is 51.8 Å². The molecule has 0 aromatic carbocycles. The number of carbonyl (C=O) groups excluding carboxylic acids is 1. The number of rotatable bonds is 9. The van der Waals surface area contributed by atoms with Crippen LogP contribution in [0.25, 0.3) is 16.6 Å². The number of likely N-dealkylation sites (N-methyl/N-ethyl adjacent to an activating group) is 1. The number of hydrogen-bond donors (Lipinski definition) is 1. The lowest BCUT2D eigenvalue weighted by Gasteiger charge is -2.46. The number of aromatic nitrogens is 3. The molecule has 0 bridgehead atoms. The van der Waals surface area contributed by atoms with Crippen LogP contribution in [0, 0.1) is 11.3 Å². The van der Waals surface area contributed by atoms with Gasteiger partial charge < -0.3 is 29.3 Å². The highest BCUT2D eigenvalue weighted by molar-refractivity contribution is 5.85. The summed E-state index contributed by atoms with van der Waals surface area (Å²) in [4.78, 5) is 21.7. The number of alkyl carbamates (subject to hydrolysis) is 1.